The number of nitrogens with one attached hydrogen (secondary N) is 1. The number of hydrogen-bond acceptors (Lipinski definition) is 5. The predicted molar refractivity (Wildman–Crippen MR) is 90.4 cm³/mol. The molecular formula is C16H19N3O4S. The largest absolute Gasteiger partial charge is 0.449 e. The van der Waals surface area contributed by atoms with Gasteiger partial charge in [-0.25, -0.2) is 8.42 Å². The van der Waals surface area contributed by atoms with Gasteiger partial charge in [0, 0.05) is 44.9 Å². The van der Waals surface area contributed by atoms with Crippen LogP contribution >= 0.6 is 0 Å². The zero-order chi connectivity index (χ0) is 17.2. The molecule has 0 aliphatic carbocycles. The van der Waals surface area contributed by atoms with Crippen molar-refractivity contribution in [3.63, 3.8) is 0 Å². The molecule has 1 aromatic heterocycles. The SMILES string of the molecule is CC(=O)Nc1ccc(S(=O)(=O)N2CCN(c3ccco3)CC2)cc1. The fraction of sp³-hybridized carbons (Fsp3) is 0.312. The van der Waals surface area contributed by atoms with E-state index in [0.717, 1.165) is 5.88 Å². The van der Waals surface area contributed by atoms with Crippen molar-refractivity contribution in [2.24, 2.45) is 0 Å². The number of furan rings is 1. The van der Waals surface area contributed by atoms with Crippen LogP contribution < -0.4 is 10.2 Å². The van der Waals surface area contributed by atoms with Gasteiger partial charge in [-0.05, 0) is 30.3 Å². The number of rotatable bonds is 4. The van der Waals surface area contributed by atoms with E-state index < -0.39 is 10.0 Å². The average Bonchev–Trinajstić information content (AvgIpc) is 3.09. The fourth-order valence-electron chi connectivity index (χ4n) is 2.66. The number of carbonyl (C=O) groups excluding carboxylic acids is 1. The first-order chi connectivity index (χ1) is 11.5. The maximum atomic E-state index is 12.7. The molecule has 1 aliphatic rings. The standard InChI is InChI=1S/C16H19N3O4S/c1-13(20)17-14-4-6-15(7-5-14)24(21,22)19-10-8-18(9-11-19)16-3-2-12-23-16/h2-7,12H,8-11H2,1H3,(H,17,20). The highest BCUT2D eigenvalue weighted by molar-refractivity contribution is 7.89. The smallest absolute Gasteiger partial charge is 0.243 e. The van der Waals surface area contributed by atoms with Gasteiger partial charge in [0.25, 0.3) is 0 Å². The molecule has 128 valence electrons. The van der Waals surface area contributed by atoms with Crippen LogP contribution in [0.4, 0.5) is 11.6 Å². The number of anilines is 2. The van der Waals surface area contributed by atoms with Crippen LogP contribution in [0, 0.1) is 0 Å². The van der Waals surface area contributed by atoms with E-state index in [1.165, 1.54) is 23.4 Å². The maximum absolute atomic E-state index is 12.7. The summed E-state index contributed by atoms with van der Waals surface area (Å²) in [5.74, 6) is 0.561. The Kier molecular flexibility index (Phi) is 4.59. The van der Waals surface area contributed by atoms with Crippen molar-refractivity contribution in [1.29, 1.82) is 0 Å². The lowest BCUT2D eigenvalue weighted by Gasteiger charge is -2.33. The Morgan fingerprint density at radius 1 is 1.08 bits per heavy atom. The van der Waals surface area contributed by atoms with Crippen LogP contribution in [0.2, 0.25) is 0 Å². The van der Waals surface area contributed by atoms with E-state index in [-0.39, 0.29) is 10.8 Å². The number of amides is 1. The summed E-state index contributed by atoms with van der Waals surface area (Å²) in [5, 5.41) is 2.62. The fourth-order valence-corrected chi connectivity index (χ4v) is 4.08. The molecule has 0 bridgehead atoms. The van der Waals surface area contributed by atoms with Gasteiger partial charge in [-0.3, -0.25) is 4.79 Å². The van der Waals surface area contributed by atoms with Gasteiger partial charge in [0.2, 0.25) is 15.9 Å². The molecule has 7 nitrogen and oxygen atoms in total. The second-order valence-corrected chi connectivity index (χ2v) is 7.49. The van der Waals surface area contributed by atoms with E-state index in [1.807, 2.05) is 17.0 Å². The van der Waals surface area contributed by atoms with Crippen LogP contribution in [0.25, 0.3) is 0 Å². The van der Waals surface area contributed by atoms with Crippen LogP contribution in [-0.2, 0) is 14.8 Å². The van der Waals surface area contributed by atoms with Gasteiger partial charge in [0.05, 0.1) is 11.2 Å². The number of benzene rings is 1. The van der Waals surface area contributed by atoms with Crippen LogP contribution in [0.1, 0.15) is 6.92 Å². The number of carbonyl (C=O) groups is 1. The first kappa shape index (κ1) is 16.5. The summed E-state index contributed by atoms with van der Waals surface area (Å²) in [5.41, 5.74) is 0.573. The van der Waals surface area contributed by atoms with Crippen LogP contribution in [-0.4, -0.2) is 44.8 Å². The average molecular weight is 349 g/mol. The highest BCUT2D eigenvalue weighted by Crippen LogP contribution is 2.22. The molecule has 8 heteroatoms. The van der Waals surface area contributed by atoms with Gasteiger partial charge >= 0.3 is 0 Å². The van der Waals surface area contributed by atoms with Crippen molar-refractivity contribution in [1.82, 2.24) is 4.31 Å². The maximum Gasteiger partial charge on any atom is 0.243 e. The lowest BCUT2D eigenvalue weighted by molar-refractivity contribution is -0.114. The number of nitrogens with zero attached hydrogens (tertiary/aromatic N) is 2. The van der Waals surface area contributed by atoms with E-state index in [9.17, 15) is 13.2 Å². The molecule has 0 atom stereocenters. The van der Waals surface area contributed by atoms with Crippen LogP contribution in [0.15, 0.2) is 52.0 Å². The third kappa shape index (κ3) is 3.44. The summed E-state index contributed by atoms with van der Waals surface area (Å²) in [6.45, 7) is 3.36. The molecule has 0 radical (unpaired) electrons. The topological polar surface area (TPSA) is 82.9 Å². The first-order valence-electron chi connectivity index (χ1n) is 7.63. The van der Waals surface area contributed by atoms with Gasteiger partial charge in [0.15, 0.2) is 5.88 Å². The van der Waals surface area contributed by atoms with Gasteiger partial charge in [0.1, 0.15) is 0 Å². The van der Waals surface area contributed by atoms with Gasteiger partial charge in [-0.15, -0.1) is 0 Å². The molecule has 1 N–H and O–H groups in total. The lowest BCUT2D eigenvalue weighted by atomic mass is 10.3. The quantitative estimate of drug-likeness (QED) is 0.909. The summed E-state index contributed by atoms with van der Waals surface area (Å²) in [4.78, 5) is 13.3. The lowest BCUT2D eigenvalue weighted by Crippen LogP contribution is -2.48. The van der Waals surface area contributed by atoms with Gasteiger partial charge in [-0.2, -0.15) is 4.31 Å². The molecular weight excluding hydrogens is 330 g/mol. The summed E-state index contributed by atoms with van der Waals surface area (Å²) in [6, 6.07) is 9.89. The molecule has 3 rings (SSSR count). The Morgan fingerprint density at radius 3 is 2.29 bits per heavy atom. The van der Waals surface area contributed by atoms with Crippen molar-refractivity contribution < 1.29 is 17.6 Å². The molecule has 0 unspecified atom stereocenters. The highest BCUT2D eigenvalue weighted by Gasteiger charge is 2.29. The second-order valence-electron chi connectivity index (χ2n) is 5.55. The van der Waals surface area contributed by atoms with Crippen molar-refractivity contribution in [2.75, 3.05) is 36.4 Å². The third-order valence-corrected chi connectivity index (χ3v) is 5.78. The minimum absolute atomic E-state index is 0.195. The predicted octanol–water partition coefficient (Wildman–Crippen LogP) is 1.75. The Hall–Kier alpha value is -2.32. The zero-order valence-corrected chi connectivity index (χ0v) is 14.1. The summed E-state index contributed by atoms with van der Waals surface area (Å²) in [7, 11) is -3.54. The monoisotopic (exact) mass is 349 g/mol. The molecule has 1 fully saturated rings. The molecule has 2 aromatic rings. The van der Waals surface area contributed by atoms with Crippen molar-refractivity contribution in [2.45, 2.75) is 11.8 Å². The van der Waals surface area contributed by atoms with E-state index in [2.05, 4.69) is 5.32 Å². The Morgan fingerprint density at radius 2 is 1.75 bits per heavy atom. The van der Waals surface area contributed by atoms with Crippen molar-refractivity contribution in [3.8, 4) is 0 Å². The molecule has 0 spiro atoms. The first-order valence-corrected chi connectivity index (χ1v) is 9.07. The van der Waals surface area contributed by atoms with Crippen molar-refractivity contribution >= 4 is 27.5 Å². The summed E-state index contributed by atoms with van der Waals surface area (Å²) < 4.78 is 32.2. The normalized spacial score (nSPS) is 16.1. The molecule has 0 saturated carbocycles. The third-order valence-electron chi connectivity index (χ3n) is 3.87. The molecule has 1 amide bonds. The van der Waals surface area contributed by atoms with Crippen molar-refractivity contribution in [3.05, 3.63) is 42.7 Å². The Balaban J connectivity index is 1.69. The van der Waals surface area contributed by atoms with E-state index in [1.54, 1.807) is 18.4 Å². The number of piperazine rings is 1. The Bertz CT molecular complexity index is 792. The molecule has 1 aliphatic heterocycles. The van der Waals surface area contributed by atoms with E-state index in [4.69, 9.17) is 4.42 Å². The number of hydrogen-bond donors (Lipinski definition) is 1. The number of sulfonamides is 1. The summed E-state index contributed by atoms with van der Waals surface area (Å²) in [6.07, 6.45) is 1.61. The molecule has 24 heavy (non-hydrogen) atoms. The Labute approximate surface area is 140 Å². The van der Waals surface area contributed by atoms with E-state index >= 15 is 0 Å². The van der Waals surface area contributed by atoms with Crippen LogP contribution in [0.5, 0.6) is 0 Å². The molecule has 1 saturated heterocycles. The molecule has 1 aromatic carbocycles. The van der Waals surface area contributed by atoms with Gasteiger partial charge < -0.3 is 14.6 Å². The molecule has 2 heterocycles. The van der Waals surface area contributed by atoms with Crippen LogP contribution in [0.3, 0.4) is 0 Å². The minimum atomic E-state index is -3.54. The summed E-state index contributed by atoms with van der Waals surface area (Å²) >= 11 is 0. The minimum Gasteiger partial charge on any atom is -0.449 e. The highest BCUT2D eigenvalue weighted by atomic mass is 32.2. The van der Waals surface area contributed by atoms with Gasteiger partial charge in [-0.1, -0.05) is 0 Å². The zero-order valence-electron chi connectivity index (χ0n) is 13.3. The second kappa shape index (κ2) is 6.66. The van der Waals surface area contributed by atoms with E-state index in [0.29, 0.717) is 31.9 Å².